The van der Waals surface area contributed by atoms with Gasteiger partial charge in [-0.3, -0.25) is 14.9 Å². The number of aromatic nitrogens is 1. The van der Waals surface area contributed by atoms with Crippen LogP contribution in [0.2, 0.25) is 0 Å². The smallest absolute Gasteiger partial charge is 0.338 e. The van der Waals surface area contributed by atoms with Gasteiger partial charge in [0.1, 0.15) is 0 Å². The van der Waals surface area contributed by atoms with E-state index in [0.29, 0.717) is 29.4 Å². The lowest BCUT2D eigenvalue weighted by Gasteiger charge is -2.13. The van der Waals surface area contributed by atoms with Gasteiger partial charge in [-0.2, -0.15) is 0 Å². The van der Waals surface area contributed by atoms with Crippen LogP contribution in [0.15, 0.2) is 47.0 Å². The van der Waals surface area contributed by atoms with Crippen LogP contribution in [-0.2, 0) is 4.79 Å². The van der Waals surface area contributed by atoms with Crippen molar-refractivity contribution in [3.05, 3.63) is 73.2 Å². The molecule has 0 aliphatic carbocycles. The lowest BCUT2D eigenvalue weighted by atomic mass is 10.1. The highest BCUT2D eigenvalue weighted by Crippen LogP contribution is 2.30. The first-order chi connectivity index (χ1) is 15.4. The first-order valence-corrected chi connectivity index (χ1v) is 10.7. The fourth-order valence-electron chi connectivity index (χ4n) is 2.78. The van der Waals surface area contributed by atoms with Crippen LogP contribution in [0.25, 0.3) is 12.2 Å². The zero-order chi connectivity index (χ0) is 23.1. The van der Waals surface area contributed by atoms with Crippen molar-refractivity contribution in [2.24, 2.45) is 0 Å². The molecule has 0 saturated carbocycles. The highest BCUT2D eigenvalue weighted by Gasteiger charge is 2.22. The fourth-order valence-corrected chi connectivity index (χ4v) is 3.13. The Balaban J connectivity index is 1.69. The summed E-state index contributed by atoms with van der Waals surface area (Å²) < 4.78 is 17.4. The normalized spacial score (nSPS) is 10.8. The molecule has 1 amide bonds. The first-order valence-electron chi connectivity index (χ1n) is 9.61. The Morgan fingerprint density at radius 1 is 1.19 bits per heavy atom. The molecule has 1 aromatic heterocycles. The number of anilines is 1. The molecule has 0 aliphatic heterocycles. The van der Waals surface area contributed by atoms with E-state index in [0.717, 1.165) is 3.57 Å². The minimum absolute atomic E-state index is 0.0538. The van der Waals surface area contributed by atoms with E-state index >= 15 is 0 Å². The standard InChI is InChI=1S/C22H20IN3O6/c1-3-30-20-12-15(5-11-19-22(26(28)29)14(2)25-32-19)4-10-18(20)31-13-21(27)24-17-8-6-16(23)7-9-17/h4-12H,3,13H2,1-2H3,(H,24,27)/b11-5+. The number of nitrogens with zero attached hydrogens (tertiary/aromatic N) is 2. The van der Waals surface area contributed by atoms with Crippen LogP contribution < -0.4 is 14.8 Å². The molecule has 1 heterocycles. The van der Waals surface area contributed by atoms with Crippen LogP contribution in [0.1, 0.15) is 23.9 Å². The van der Waals surface area contributed by atoms with Crippen LogP contribution in [0.4, 0.5) is 11.4 Å². The molecule has 1 N–H and O–H groups in total. The van der Waals surface area contributed by atoms with Crippen molar-refractivity contribution in [2.45, 2.75) is 13.8 Å². The molecule has 9 nitrogen and oxygen atoms in total. The molecule has 0 fully saturated rings. The summed E-state index contributed by atoms with van der Waals surface area (Å²) in [5.41, 5.74) is 1.41. The molecule has 0 radical (unpaired) electrons. The highest BCUT2D eigenvalue weighted by molar-refractivity contribution is 14.1. The highest BCUT2D eigenvalue weighted by atomic mass is 127. The van der Waals surface area contributed by atoms with Crippen molar-refractivity contribution in [3.8, 4) is 11.5 Å². The number of carbonyl (C=O) groups excluding carboxylic acids is 1. The lowest BCUT2D eigenvalue weighted by Crippen LogP contribution is -2.20. The van der Waals surface area contributed by atoms with Crippen molar-refractivity contribution in [1.29, 1.82) is 0 Å². The van der Waals surface area contributed by atoms with E-state index in [2.05, 4.69) is 33.1 Å². The molecule has 10 heteroatoms. The monoisotopic (exact) mass is 549 g/mol. The number of carbonyl (C=O) groups is 1. The second kappa shape index (κ2) is 10.8. The van der Waals surface area contributed by atoms with Crippen LogP contribution in [0.3, 0.4) is 0 Å². The number of rotatable bonds is 9. The van der Waals surface area contributed by atoms with Crippen molar-refractivity contribution in [2.75, 3.05) is 18.5 Å². The maximum atomic E-state index is 12.2. The summed E-state index contributed by atoms with van der Waals surface area (Å²) in [6, 6.07) is 12.5. The zero-order valence-electron chi connectivity index (χ0n) is 17.3. The lowest BCUT2D eigenvalue weighted by molar-refractivity contribution is -0.386. The van der Waals surface area contributed by atoms with Gasteiger partial charge >= 0.3 is 5.69 Å². The van der Waals surface area contributed by atoms with Crippen molar-refractivity contribution < 1.29 is 23.7 Å². The third-order valence-electron chi connectivity index (χ3n) is 4.22. The SMILES string of the molecule is CCOc1cc(/C=C/c2onc(C)c2[N+](=O)[O-])ccc1OCC(=O)Nc1ccc(I)cc1. The van der Waals surface area contributed by atoms with Gasteiger partial charge in [0.05, 0.1) is 11.5 Å². The van der Waals surface area contributed by atoms with E-state index in [1.165, 1.54) is 13.0 Å². The van der Waals surface area contributed by atoms with Gasteiger partial charge in [0.15, 0.2) is 23.8 Å². The molecular formula is C22H20IN3O6. The average molecular weight is 549 g/mol. The summed E-state index contributed by atoms with van der Waals surface area (Å²) in [7, 11) is 0. The van der Waals surface area contributed by atoms with Crippen molar-refractivity contribution in [1.82, 2.24) is 5.16 Å². The Morgan fingerprint density at radius 2 is 1.94 bits per heavy atom. The summed E-state index contributed by atoms with van der Waals surface area (Å²) in [5.74, 6) is 0.604. The topological polar surface area (TPSA) is 117 Å². The molecule has 0 bridgehead atoms. The van der Waals surface area contributed by atoms with Crippen LogP contribution in [-0.4, -0.2) is 29.2 Å². The second-order valence-electron chi connectivity index (χ2n) is 6.55. The van der Waals surface area contributed by atoms with Crippen molar-refractivity contribution >= 4 is 52.0 Å². The van der Waals surface area contributed by atoms with E-state index in [4.69, 9.17) is 14.0 Å². The number of hydrogen-bond donors (Lipinski definition) is 1. The Labute approximate surface area is 197 Å². The predicted molar refractivity (Wildman–Crippen MR) is 128 cm³/mol. The number of ether oxygens (including phenoxy) is 2. The molecule has 0 saturated heterocycles. The molecule has 0 unspecified atom stereocenters. The predicted octanol–water partition coefficient (Wildman–Crippen LogP) is 5.08. The van der Waals surface area contributed by atoms with Crippen molar-refractivity contribution in [3.63, 3.8) is 0 Å². The van der Waals surface area contributed by atoms with E-state index in [9.17, 15) is 14.9 Å². The van der Waals surface area contributed by atoms with Gasteiger partial charge in [0.2, 0.25) is 5.76 Å². The van der Waals surface area contributed by atoms with E-state index in [-0.39, 0.29) is 29.7 Å². The van der Waals surface area contributed by atoms with Crippen LogP contribution in [0, 0.1) is 20.6 Å². The molecular weight excluding hydrogens is 529 g/mol. The molecule has 2 aromatic carbocycles. The molecule has 32 heavy (non-hydrogen) atoms. The van der Waals surface area contributed by atoms with Gasteiger partial charge < -0.3 is 19.3 Å². The third kappa shape index (κ3) is 6.06. The largest absolute Gasteiger partial charge is 0.490 e. The molecule has 0 atom stereocenters. The fraction of sp³-hybridized carbons (Fsp3) is 0.182. The Morgan fingerprint density at radius 3 is 2.62 bits per heavy atom. The van der Waals surface area contributed by atoms with E-state index in [1.807, 2.05) is 31.2 Å². The third-order valence-corrected chi connectivity index (χ3v) is 4.94. The van der Waals surface area contributed by atoms with Gasteiger partial charge in [-0.05, 0) is 84.5 Å². The number of aryl methyl sites for hydroxylation is 1. The number of hydrogen-bond acceptors (Lipinski definition) is 7. The maximum absolute atomic E-state index is 12.2. The molecule has 0 aliphatic rings. The van der Waals surface area contributed by atoms with Gasteiger partial charge in [0.25, 0.3) is 5.91 Å². The average Bonchev–Trinajstić information content (AvgIpc) is 3.14. The summed E-state index contributed by atoms with van der Waals surface area (Å²) in [4.78, 5) is 22.8. The van der Waals surface area contributed by atoms with Gasteiger partial charge in [-0.15, -0.1) is 0 Å². The number of halogens is 1. The first kappa shape index (κ1) is 23.3. The molecule has 0 spiro atoms. The Bertz CT molecular complexity index is 1140. The van der Waals surface area contributed by atoms with E-state index < -0.39 is 4.92 Å². The van der Waals surface area contributed by atoms with Gasteiger partial charge in [0, 0.05) is 9.26 Å². The van der Waals surface area contributed by atoms with Gasteiger partial charge in [-0.25, -0.2) is 0 Å². The summed E-state index contributed by atoms with van der Waals surface area (Å²) >= 11 is 2.19. The Hall–Kier alpha value is -3.41. The number of amides is 1. The minimum Gasteiger partial charge on any atom is -0.490 e. The van der Waals surface area contributed by atoms with Gasteiger partial charge in [-0.1, -0.05) is 17.3 Å². The summed E-state index contributed by atoms with van der Waals surface area (Å²) in [6.07, 6.45) is 3.11. The molecule has 166 valence electrons. The summed E-state index contributed by atoms with van der Waals surface area (Å²) in [5, 5.41) is 17.6. The zero-order valence-corrected chi connectivity index (χ0v) is 19.5. The minimum atomic E-state index is -0.532. The van der Waals surface area contributed by atoms with Crippen LogP contribution >= 0.6 is 22.6 Å². The number of nitro groups is 1. The second-order valence-corrected chi connectivity index (χ2v) is 7.80. The van der Waals surface area contributed by atoms with Crippen LogP contribution in [0.5, 0.6) is 11.5 Å². The quantitative estimate of drug-likeness (QED) is 0.225. The molecule has 3 aromatic rings. The Kier molecular flexibility index (Phi) is 7.82. The van der Waals surface area contributed by atoms with E-state index in [1.54, 1.807) is 24.3 Å². The number of benzene rings is 2. The number of nitrogens with one attached hydrogen (secondary N) is 1. The molecule has 3 rings (SSSR count). The maximum Gasteiger partial charge on any atom is 0.338 e. The summed E-state index contributed by atoms with van der Waals surface area (Å²) in [6.45, 7) is 3.54.